The van der Waals surface area contributed by atoms with Crippen molar-refractivity contribution in [2.75, 3.05) is 27.8 Å². The van der Waals surface area contributed by atoms with Crippen molar-refractivity contribution in [2.45, 2.75) is 27.7 Å². The van der Waals surface area contributed by atoms with E-state index in [1.54, 1.807) is 0 Å². The topological polar surface area (TPSA) is 167 Å². The summed E-state index contributed by atoms with van der Waals surface area (Å²) < 4.78 is 0. The van der Waals surface area contributed by atoms with Crippen LogP contribution in [0.1, 0.15) is 22.5 Å². The minimum atomic E-state index is 0.0758. The van der Waals surface area contributed by atoms with Crippen molar-refractivity contribution >= 4 is 62.4 Å². The van der Waals surface area contributed by atoms with E-state index in [0.29, 0.717) is 23.3 Å². The predicted octanol–water partition coefficient (Wildman–Crippen LogP) is 4.44. The van der Waals surface area contributed by atoms with Crippen molar-refractivity contribution in [3.8, 4) is 0 Å². The molecule has 35 heavy (non-hydrogen) atoms. The van der Waals surface area contributed by atoms with Crippen molar-refractivity contribution in [1.82, 2.24) is 24.9 Å². The zero-order chi connectivity index (χ0) is 24.9. The summed E-state index contributed by atoms with van der Waals surface area (Å²) in [5.41, 5.74) is 26.9. The Hall–Kier alpha value is -4.73. The number of pyridine rings is 2. The average molecular weight is 467 g/mol. The highest BCUT2D eigenvalue weighted by atomic mass is 15.2. The number of hydrogen-bond donors (Lipinski definition) is 5. The minimum Gasteiger partial charge on any atom is -0.398 e. The minimum absolute atomic E-state index is 0.0758. The molecule has 0 unspecified atom stereocenters. The second-order valence-corrected chi connectivity index (χ2v) is 8.53. The van der Waals surface area contributed by atoms with Gasteiger partial charge in [-0.3, -0.25) is 9.97 Å². The number of nitrogen functional groups attached to an aromatic ring is 3. The van der Waals surface area contributed by atoms with Crippen LogP contribution in [0, 0.1) is 27.7 Å². The first kappa shape index (κ1) is 22.1. The lowest BCUT2D eigenvalue weighted by Gasteiger charge is -2.13. The monoisotopic (exact) mass is 466 g/mol. The molecule has 10 nitrogen and oxygen atoms in total. The van der Waals surface area contributed by atoms with Gasteiger partial charge in [0.25, 0.3) is 0 Å². The Labute approximate surface area is 202 Å². The van der Waals surface area contributed by atoms with Gasteiger partial charge in [0.1, 0.15) is 0 Å². The molecule has 0 saturated heterocycles. The van der Waals surface area contributed by atoms with Crippen LogP contribution in [-0.4, -0.2) is 24.9 Å². The van der Waals surface area contributed by atoms with Crippen molar-refractivity contribution < 1.29 is 0 Å². The van der Waals surface area contributed by atoms with Gasteiger partial charge < -0.3 is 27.8 Å². The van der Waals surface area contributed by atoms with Crippen molar-refractivity contribution in [2.24, 2.45) is 0 Å². The molecule has 176 valence electrons. The third-order valence-corrected chi connectivity index (χ3v) is 6.21. The number of nitrogens with two attached hydrogens (primary N) is 3. The molecule has 5 rings (SSSR count). The molecule has 3 aromatic heterocycles. The van der Waals surface area contributed by atoms with Crippen LogP contribution in [0.15, 0.2) is 36.4 Å². The zero-order valence-electron chi connectivity index (χ0n) is 19.9. The van der Waals surface area contributed by atoms with Gasteiger partial charge in [-0.1, -0.05) is 0 Å². The van der Waals surface area contributed by atoms with Gasteiger partial charge in [0.2, 0.25) is 17.8 Å². The van der Waals surface area contributed by atoms with Gasteiger partial charge in [-0.25, -0.2) is 0 Å². The van der Waals surface area contributed by atoms with E-state index in [1.807, 2.05) is 64.1 Å². The van der Waals surface area contributed by atoms with Gasteiger partial charge in [-0.15, -0.1) is 0 Å². The summed E-state index contributed by atoms with van der Waals surface area (Å²) >= 11 is 0. The van der Waals surface area contributed by atoms with Crippen LogP contribution in [0.5, 0.6) is 0 Å². The molecule has 0 radical (unpaired) electrons. The number of nitrogens with zero attached hydrogens (tertiary/aromatic N) is 5. The number of hydrogen-bond acceptors (Lipinski definition) is 10. The molecule has 0 fully saturated rings. The summed E-state index contributed by atoms with van der Waals surface area (Å²) in [4.78, 5) is 22.1. The van der Waals surface area contributed by atoms with E-state index >= 15 is 0 Å². The SMILES string of the molecule is Cc1nc2ccc(Nc3nc(N)nc(Nc4ccc5nc(C)c(C)c(N)c5c4)n3)cc2c(N)c1C. The van der Waals surface area contributed by atoms with E-state index in [2.05, 4.69) is 35.6 Å². The standard InChI is InChI=1S/C25H26N10/c1-11-13(3)29-19-7-5-15(9-17(19)21(11)26)31-24-33-23(28)34-25(35-24)32-16-6-8-20-18(10-16)22(27)12(2)14(4)30-20/h5-10H,1-4H3,(H2,26,29)(H2,27,30)(H4,28,31,32,33,34,35). The molecule has 0 aliphatic carbocycles. The lowest BCUT2D eigenvalue weighted by Crippen LogP contribution is -2.07. The number of fused-ring (bicyclic) bond motifs is 2. The maximum Gasteiger partial charge on any atom is 0.233 e. The largest absolute Gasteiger partial charge is 0.398 e. The van der Waals surface area contributed by atoms with Crippen molar-refractivity contribution in [3.05, 3.63) is 58.9 Å². The van der Waals surface area contributed by atoms with Crippen LogP contribution >= 0.6 is 0 Å². The Morgan fingerprint density at radius 3 is 1.43 bits per heavy atom. The fraction of sp³-hybridized carbons (Fsp3) is 0.160. The molecule has 0 aliphatic heterocycles. The summed E-state index contributed by atoms with van der Waals surface area (Å²) in [7, 11) is 0. The molecule has 5 aromatic rings. The fourth-order valence-corrected chi connectivity index (χ4v) is 3.94. The van der Waals surface area contributed by atoms with Gasteiger partial charge in [0.15, 0.2) is 0 Å². The highest BCUT2D eigenvalue weighted by molar-refractivity contribution is 5.95. The third kappa shape index (κ3) is 4.05. The number of anilines is 7. The molecule has 0 bridgehead atoms. The van der Waals surface area contributed by atoms with Gasteiger partial charge in [0, 0.05) is 44.9 Å². The second-order valence-electron chi connectivity index (χ2n) is 8.53. The highest BCUT2D eigenvalue weighted by Gasteiger charge is 2.11. The molecule has 0 aliphatic rings. The summed E-state index contributed by atoms with van der Waals surface area (Å²) in [6, 6.07) is 11.4. The Morgan fingerprint density at radius 2 is 1.00 bits per heavy atom. The quantitative estimate of drug-likeness (QED) is 0.255. The van der Waals surface area contributed by atoms with E-state index in [-0.39, 0.29) is 5.95 Å². The molecule has 2 aromatic carbocycles. The molecule has 0 saturated carbocycles. The Balaban J connectivity index is 1.45. The Bertz CT molecular complexity index is 1510. The average Bonchev–Trinajstić information content (AvgIpc) is 2.82. The van der Waals surface area contributed by atoms with E-state index in [1.165, 1.54) is 0 Å². The normalized spacial score (nSPS) is 11.2. The van der Waals surface area contributed by atoms with Crippen molar-refractivity contribution in [1.29, 1.82) is 0 Å². The molecule has 0 atom stereocenters. The van der Waals surface area contributed by atoms with Gasteiger partial charge in [0.05, 0.1) is 11.0 Å². The summed E-state index contributed by atoms with van der Waals surface area (Å²) in [5, 5.41) is 8.07. The smallest absolute Gasteiger partial charge is 0.233 e. The first-order valence-electron chi connectivity index (χ1n) is 11.1. The van der Waals surface area contributed by atoms with Crippen LogP contribution in [0.4, 0.5) is 40.6 Å². The number of rotatable bonds is 4. The second kappa shape index (κ2) is 8.24. The fourth-order valence-electron chi connectivity index (χ4n) is 3.94. The summed E-state index contributed by atoms with van der Waals surface area (Å²) in [6.45, 7) is 7.81. The van der Waals surface area contributed by atoms with E-state index in [4.69, 9.17) is 17.2 Å². The predicted molar refractivity (Wildman–Crippen MR) is 142 cm³/mol. The van der Waals surface area contributed by atoms with Crippen molar-refractivity contribution in [3.63, 3.8) is 0 Å². The Morgan fingerprint density at radius 1 is 0.571 bits per heavy atom. The number of aryl methyl sites for hydroxylation is 2. The van der Waals surface area contributed by atoms with Gasteiger partial charge >= 0.3 is 0 Å². The molecule has 3 heterocycles. The van der Waals surface area contributed by atoms with Gasteiger partial charge in [-0.05, 0) is 75.2 Å². The maximum atomic E-state index is 6.33. The van der Waals surface area contributed by atoms with Crippen LogP contribution in [0.25, 0.3) is 21.8 Å². The Kier molecular flexibility index (Phi) is 5.20. The van der Waals surface area contributed by atoms with E-state index in [0.717, 1.165) is 55.7 Å². The number of nitrogens with one attached hydrogen (secondary N) is 2. The van der Waals surface area contributed by atoms with Crippen LogP contribution in [-0.2, 0) is 0 Å². The molecule has 0 spiro atoms. The lowest BCUT2D eigenvalue weighted by molar-refractivity contribution is 1.07. The van der Waals surface area contributed by atoms with Crippen LogP contribution in [0.3, 0.4) is 0 Å². The maximum absolute atomic E-state index is 6.33. The first-order chi connectivity index (χ1) is 16.7. The highest BCUT2D eigenvalue weighted by Crippen LogP contribution is 2.30. The summed E-state index contributed by atoms with van der Waals surface area (Å²) in [5.74, 6) is 0.665. The number of benzene rings is 2. The van der Waals surface area contributed by atoms with Gasteiger partial charge in [-0.2, -0.15) is 15.0 Å². The summed E-state index contributed by atoms with van der Waals surface area (Å²) in [6.07, 6.45) is 0. The van der Waals surface area contributed by atoms with E-state index < -0.39 is 0 Å². The molecule has 8 N–H and O–H groups in total. The number of aromatic nitrogens is 5. The lowest BCUT2D eigenvalue weighted by atomic mass is 10.1. The van der Waals surface area contributed by atoms with Crippen LogP contribution in [0.2, 0.25) is 0 Å². The van der Waals surface area contributed by atoms with Crippen LogP contribution < -0.4 is 27.8 Å². The molecule has 0 amide bonds. The molecule has 10 heteroatoms. The van der Waals surface area contributed by atoms with E-state index in [9.17, 15) is 0 Å². The molecular formula is C25H26N10. The molecular weight excluding hydrogens is 440 g/mol. The first-order valence-corrected chi connectivity index (χ1v) is 11.1. The zero-order valence-corrected chi connectivity index (χ0v) is 19.9. The third-order valence-electron chi connectivity index (χ3n) is 6.21.